The zero-order valence-corrected chi connectivity index (χ0v) is 24.3. The van der Waals surface area contributed by atoms with Crippen LogP contribution in [0.15, 0.2) is 18.2 Å². The first-order valence-corrected chi connectivity index (χ1v) is 13.0. The second kappa shape index (κ2) is 13.7. The Morgan fingerprint density at radius 2 is 1.39 bits per heavy atom. The number of hydrogen-bond donors (Lipinski definition) is 2. The highest BCUT2D eigenvalue weighted by atomic mass is 16.6. The van der Waals surface area contributed by atoms with E-state index in [9.17, 15) is 24.3 Å². The molecule has 0 bridgehead atoms. The minimum absolute atomic E-state index is 0.00889. The number of carbonyl (C=O) groups is 4. The standard InChI is InChI=1S/C29H45NO8/c1-10-17(2)27(35)36-16-18(3)24(25(30)26(33)34)19-11-12-20(37-22(31)14-28(4,5)6)21(13-19)38-23(32)15-29(7,8)9/h11-13,17-18,24-25H,10,14-16,30H2,1-9H3,(H,33,34)/t17?,18?,24?,25-/m0/s1. The first-order valence-electron chi connectivity index (χ1n) is 13.0. The molecular formula is C29H45NO8. The Labute approximate surface area is 226 Å². The summed E-state index contributed by atoms with van der Waals surface area (Å²) in [6, 6.07) is 3.19. The van der Waals surface area contributed by atoms with Gasteiger partial charge in [0.1, 0.15) is 6.04 Å². The van der Waals surface area contributed by atoms with Crippen LogP contribution in [0.4, 0.5) is 0 Å². The van der Waals surface area contributed by atoms with Crippen molar-refractivity contribution in [1.82, 2.24) is 0 Å². The molecule has 0 heterocycles. The summed E-state index contributed by atoms with van der Waals surface area (Å²) in [5, 5.41) is 9.70. The highest BCUT2D eigenvalue weighted by Gasteiger charge is 2.33. The maximum atomic E-state index is 12.7. The van der Waals surface area contributed by atoms with E-state index in [0.717, 1.165) is 0 Å². The van der Waals surface area contributed by atoms with Crippen LogP contribution in [0.3, 0.4) is 0 Å². The average molecular weight is 536 g/mol. The molecule has 0 aromatic heterocycles. The van der Waals surface area contributed by atoms with Crippen LogP contribution >= 0.6 is 0 Å². The summed E-state index contributed by atoms with van der Waals surface area (Å²) in [5.74, 6) is -4.17. The zero-order valence-electron chi connectivity index (χ0n) is 24.3. The molecule has 0 radical (unpaired) electrons. The topological polar surface area (TPSA) is 142 Å². The Kier molecular flexibility index (Phi) is 12.0. The molecule has 0 fully saturated rings. The molecule has 3 unspecified atom stereocenters. The summed E-state index contributed by atoms with van der Waals surface area (Å²) in [6.45, 7) is 16.7. The predicted molar refractivity (Wildman–Crippen MR) is 144 cm³/mol. The molecule has 0 amide bonds. The first kappa shape index (κ1) is 33.1. The summed E-state index contributed by atoms with van der Waals surface area (Å²) in [6.07, 6.45) is 0.853. The van der Waals surface area contributed by atoms with Crippen molar-refractivity contribution >= 4 is 23.9 Å². The van der Waals surface area contributed by atoms with Gasteiger partial charge in [-0.3, -0.25) is 19.2 Å². The van der Waals surface area contributed by atoms with Crippen molar-refractivity contribution in [3.05, 3.63) is 23.8 Å². The van der Waals surface area contributed by atoms with Gasteiger partial charge in [0.15, 0.2) is 11.5 Å². The number of benzene rings is 1. The molecule has 9 heteroatoms. The Hall–Kier alpha value is -2.94. The van der Waals surface area contributed by atoms with Crippen LogP contribution in [0.5, 0.6) is 11.5 Å². The number of carbonyl (C=O) groups excluding carboxylic acids is 3. The molecule has 3 N–H and O–H groups in total. The van der Waals surface area contributed by atoms with Crippen molar-refractivity contribution in [1.29, 1.82) is 0 Å². The number of carboxylic acid groups (broad SMARTS) is 1. The van der Waals surface area contributed by atoms with Crippen molar-refractivity contribution < 1.29 is 38.5 Å². The smallest absolute Gasteiger partial charge is 0.321 e. The van der Waals surface area contributed by atoms with E-state index in [0.29, 0.717) is 12.0 Å². The van der Waals surface area contributed by atoms with Crippen molar-refractivity contribution in [3.63, 3.8) is 0 Å². The largest absolute Gasteiger partial charge is 0.480 e. The normalized spacial score (nSPS) is 15.1. The summed E-state index contributed by atoms with van der Waals surface area (Å²) in [4.78, 5) is 49.3. The van der Waals surface area contributed by atoms with Gasteiger partial charge in [0.25, 0.3) is 0 Å². The van der Waals surface area contributed by atoms with Crippen LogP contribution in [-0.2, 0) is 23.9 Å². The molecular weight excluding hydrogens is 490 g/mol. The predicted octanol–water partition coefficient (Wildman–Crippen LogP) is 5.09. The lowest BCUT2D eigenvalue weighted by molar-refractivity contribution is -0.149. The number of rotatable bonds is 12. The molecule has 0 spiro atoms. The van der Waals surface area contributed by atoms with E-state index in [1.165, 1.54) is 12.1 Å². The molecule has 4 atom stereocenters. The van der Waals surface area contributed by atoms with Crippen molar-refractivity contribution in [3.8, 4) is 11.5 Å². The number of carboxylic acids is 1. The van der Waals surface area contributed by atoms with E-state index in [1.807, 2.05) is 48.5 Å². The Balaban J connectivity index is 3.43. The second-order valence-corrected chi connectivity index (χ2v) is 12.4. The highest BCUT2D eigenvalue weighted by molar-refractivity contribution is 5.78. The average Bonchev–Trinajstić information content (AvgIpc) is 2.75. The molecule has 0 aliphatic rings. The van der Waals surface area contributed by atoms with E-state index < -0.39 is 35.8 Å². The lowest BCUT2D eigenvalue weighted by atomic mass is 9.82. The van der Waals surface area contributed by atoms with Crippen molar-refractivity contribution in [2.45, 2.75) is 93.5 Å². The van der Waals surface area contributed by atoms with Crippen LogP contribution in [0.25, 0.3) is 0 Å². The molecule has 1 aromatic carbocycles. The third-order valence-corrected chi connectivity index (χ3v) is 5.94. The number of aliphatic carboxylic acids is 1. The van der Waals surface area contributed by atoms with Gasteiger partial charge >= 0.3 is 23.9 Å². The number of esters is 3. The van der Waals surface area contributed by atoms with Crippen molar-refractivity contribution in [2.24, 2.45) is 28.4 Å². The van der Waals surface area contributed by atoms with Crippen molar-refractivity contribution in [2.75, 3.05) is 6.61 Å². The molecule has 38 heavy (non-hydrogen) atoms. The Morgan fingerprint density at radius 1 is 0.895 bits per heavy atom. The maximum Gasteiger partial charge on any atom is 0.321 e. The van der Waals surface area contributed by atoms with Crippen LogP contribution < -0.4 is 15.2 Å². The Bertz CT molecular complexity index is 989. The highest BCUT2D eigenvalue weighted by Crippen LogP contribution is 2.37. The lowest BCUT2D eigenvalue weighted by Gasteiger charge is -2.28. The van der Waals surface area contributed by atoms with E-state index >= 15 is 0 Å². The quantitative estimate of drug-likeness (QED) is 0.276. The molecule has 1 aromatic rings. The summed E-state index contributed by atoms with van der Waals surface area (Å²) in [7, 11) is 0. The maximum absolute atomic E-state index is 12.7. The summed E-state index contributed by atoms with van der Waals surface area (Å²) >= 11 is 0. The molecule has 214 valence electrons. The van der Waals surface area contributed by atoms with Gasteiger partial charge in [-0.05, 0) is 40.9 Å². The van der Waals surface area contributed by atoms with E-state index in [1.54, 1.807) is 19.9 Å². The van der Waals surface area contributed by atoms with Gasteiger partial charge in [0.05, 0.1) is 25.4 Å². The van der Waals surface area contributed by atoms with Crippen LogP contribution in [0, 0.1) is 22.7 Å². The monoisotopic (exact) mass is 535 g/mol. The van der Waals surface area contributed by atoms with E-state index in [4.69, 9.17) is 19.9 Å². The molecule has 0 saturated heterocycles. The van der Waals surface area contributed by atoms with Gasteiger partial charge in [-0.15, -0.1) is 0 Å². The number of hydrogen-bond acceptors (Lipinski definition) is 8. The third-order valence-electron chi connectivity index (χ3n) is 5.94. The van der Waals surface area contributed by atoms with Crippen LogP contribution in [-0.4, -0.2) is 41.6 Å². The Morgan fingerprint density at radius 3 is 1.84 bits per heavy atom. The van der Waals surface area contributed by atoms with Gasteiger partial charge in [-0.2, -0.15) is 0 Å². The molecule has 0 saturated carbocycles. The first-order chi connectivity index (χ1) is 17.3. The minimum Gasteiger partial charge on any atom is -0.480 e. The molecule has 0 aliphatic carbocycles. The summed E-state index contributed by atoms with van der Waals surface area (Å²) < 4.78 is 16.6. The van der Waals surface area contributed by atoms with E-state index in [2.05, 4.69) is 0 Å². The zero-order chi connectivity index (χ0) is 29.4. The van der Waals surface area contributed by atoms with Crippen LogP contribution in [0.1, 0.15) is 93.1 Å². The second-order valence-electron chi connectivity index (χ2n) is 12.4. The van der Waals surface area contributed by atoms with Gasteiger partial charge in [-0.25, -0.2) is 0 Å². The number of nitrogens with two attached hydrogens (primary N) is 1. The fourth-order valence-corrected chi connectivity index (χ4v) is 3.75. The third kappa shape index (κ3) is 11.2. The number of ether oxygens (including phenoxy) is 3. The molecule has 1 rings (SSSR count). The van der Waals surface area contributed by atoms with Gasteiger partial charge in [0.2, 0.25) is 0 Å². The van der Waals surface area contributed by atoms with Crippen LogP contribution in [0.2, 0.25) is 0 Å². The van der Waals surface area contributed by atoms with E-state index in [-0.39, 0.29) is 53.7 Å². The molecule has 0 aliphatic heterocycles. The lowest BCUT2D eigenvalue weighted by Crippen LogP contribution is -2.40. The fourth-order valence-electron chi connectivity index (χ4n) is 3.75. The SMILES string of the molecule is CCC(C)C(=O)OCC(C)C(c1ccc(OC(=O)CC(C)(C)C)c(OC(=O)CC(C)(C)C)c1)[C@H](N)C(=O)O. The fraction of sp³-hybridized carbons (Fsp3) is 0.655. The van der Waals surface area contributed by atoms with Gasteiger partial charge in [-0.1, -0.05) is 68.4 Å². The van der Waals surface area contributed by atoms with Gasteiger partial charge < -0.3 is 25.1 Å². The molecule has 9 nitrogen and oxygen atoms in total. The summed E-state index contributed by atoms with van der Waals surface area (Å²) in [5.41, 5.74) is 5.86. The minimum atomic E-state index is -1.33. The van der Waals surface area contributed by atoms with Gasteiger partial charge in [0, 0.05) is 5.92 Å².